The summed E-state index contributed by atoms with van der Waals surface area (Å²) in [6.45, 7) is 6.85. The molecule has 1 heterocycles. The number of benzene rings is 1. The van der Waals surface area contributed by atoms with Crippen LogP contribution >= 0.6 is 0 Å². The van der Waals surface area contributed by atoms with E-state index in [4.69, 9.17) is 9.15 Å². The molecular formula is C15H20FNO2. The van der Waals surface area contributed by atoms with Gasteiger partial charge in [0, 0.05) is 24.1 Å². The summed E-state index contributed by atoms with van der Waals surface area (Å²) in [7, 11) is 1.63. The van der Waals surface area contributed by atoms with Gasteiger partial charge in [0.25, 0.3) is 0 Å². The summed E-state index contributed by atoms with van der Waals surface area (Å²) < 4.78 is 25.0. The summed E-state index contributed by atoms with van der Waals surface area (Å²) in [6, 6.07) is 4.01. The van der Waals surface area contributed by atoms with Crippen LogP contribution in [0, 0.1) is 12.7 Å². The van der Waals surface area contributed by atoms with Gasteiger partial charge in [0.2, 0.25) is 0 Å². The van der Waals surface area contributed by atoms with Crippen LogP contribution in [0.25, 0.3) is 11.0 Å². The Morgan fingerprint density at radius 2 is 2.11 bits per heavy atom. The van der Waals surface area contributed by atoms with E-state index >= 15 is 0 Å². The molecular weight excluding hydrogens is 245 g/mol. The molecule has 1 aromatic carbocycles. The Hall–Kier alpha value is -1.39. The van der Waals surface area contributed by atoms with Crippen molar-refractivity contribution in [2.45, 2.75) is 40.0 Å². The first-order chi connectivity index (χ1) is 9.04. The molecule has 2 aromatic rings. The minimum atomic E-state index is -0.286. The van der Waals surface area contributed by atoms with Gasteiger partial charge in [-0.25, -0.2) is 4.39 Å². The highest BCUT2D eigenvalue weighted by atomic mass is 19.1. The van der Waals surface area contributed by atoms with Crippen LogP contribution in [0.1, 0.15) is 30.7 Å². The van der Waals surface area contributed by atoms with E-state index in [1.165, 1.54) is 0 Å². The maximum Gasteiger partial charge on any atom is 0.170 e. The van der Waals surface area contributed by atoms with Gasteiger partial charge in [0.05, 0.1) is 13.2 Å². The number of ether oxygens (including phenoxy) is 1. The zero-order valence-electron chi connectivity index (χ0n) is 11.8. The number of hydrogen-bond acceptors (Lipinski definition) is 3. The highest BCUT2D eigenvalue weighted by Crippen LogP contribution is 2.30. The molecule has 0 spiro atoms. The van der Waals surface area contributed by atoms with Crippen LogP contribution in [-0.2, 0) is 17.9 Å². The molecule has 0 saturated heterocycles. The van der Waals surface area contributed by atoms with Crippen molar-refractivity contribution < 1.29 is 13.5 Å². The average Bonchev–Trinajstić information content (AvgIpc) is 2.71. The molecule has 0 aliphatic rings. The van der Waals surface area contributed by atoms with Crippen molar-refractivity contribution in [1.29, 1.82) is 0 Å². The van der Waals surface area contributed by atoms with Crippen LogP contribution in [0.3, 0.4) is 0 Å². The van der Waals surface area contributed by atoms with Gasteiger partial charge in [-0.1, -0.05) is 26.0 Å². The average molecular weight is 265 g/mol. The highest BCUT2D eigenvalue weighted by molar-refractivity contribution is 5.83. The highest BCUT2D eigenvalue weighted by Gasteiger charge is 2.18. The summed E-state index contributed by atoms with van der Waals surface area (Å²) in [4.78, 5) is 0. The molecule has 0 aliphatic heterocycles. The van der Waals surface area contributed by atoms with E-state index in [-0.39, 0.29) is 5.82 Å². The zero-order chi connectivity index (χ0) is 14.0. The summed E-state index contributed by atoms with van der Waals surface area (Å²) in [5.74, 6) is 0.459. The second-order valence-electron chi connectivity index (χ2n) is 5.05. The second-order valence-corrected chi connectivity index (χ2v) is 5.05. The topological polar surface area (TPSA) is 34.4 Å². The Morgan fingerprint density at radius 3 is 2.74 bits per heavy atom. The Morgan fingerprint density at radius 1 is 1.37 bits per heavy atom. The van der Waals surface area contributed by atoms with E-state index < -0.39 is 0 Å². The lowest BCUT2D eigenvalue weighted by Crippen LogP contribution is -2.22. The molecule has 1 N–H and O–H groups in total. The lowest BCUT2D eigenvalue weighted by molar-refractivity contribution is 0.183. The van der Waals surface area contributed by atoms with E-state index in [0.29, 0.717) is 30.3 Å². The van der Waals surface area contributed by atoms with Gasteiger partial charge in [0.1, 0.15) is 5.76 Å². The summed E-state index contributed by atoms with van der Waals surface area (Å²) in [5, 5.41) is 4.08. The number of halogens is 1. The van der Waals surface area contributed by atoms with Crippen molar-refractivity contribution >= 4 is 11.0 Å². The molecule has 0 bridgehead atoms. The molecule has 1 aromatic heterocycles. The third-order valence-electron chi connectivity index (χ3n) is 3.14. The van der Waals surface area contributed by atoms with Gasteiger partial charge in [-0.3, -0.25) is 0 Å². The third-order valence-corrected chi connectivity index (χ3v) is 3.14. The van der Waals surface area contributed by atoms with Gasteiger partial charge in [-0.05, 0) is 12.5 Å². The molecule has 4 heteroatoms. The molecule has 3 nitrogen and oxygen atoms in total. The minimum absolute atomic E-state index is 0.286. The predicted octanol–water partition coefficient (Wildman–Crippen LogP) is 3.52. The SMILES string of the molecule is COCc1c(CNC(C)C)oc2c(F)c(C)ccc12. The fourth-order valence-corrected chi connectivity index (χ4v) is 2.07. The number of nitrogens with one attached hydrogen (secondary N) is 1. The van der Waals surface area contributed by atoms with Crippen LogP contribution in [0.2, 0.25) is 0 Å². The fraction of sp³-hybridized carbons (Fsp3) is 0.467. The van der Waals surface area contributed by atoms with Crippen molar-refractivity contribution in [2.75, 3.05) is 7.11 Å². The van der Waals surface area contributed by atoms with Crippen LogP contribution in [0.4, 0.5) is 4.39 Å². The number of fused-ring (bicyclic) bond motifs is 1. The normalized spacial score (nSPS) is 11.7. The molecule has 104 valence electrons. The molecule has 0 fully saturated rings. The van der Waals surface area contributed by atoms with Crippen LogP contribution in [0.15, 0.2) is 16.5 Å². The van der Waals surface area contributed by atoms with Gasteiger partial charge in [-0.2, -0.15) is 0 Å². The largest absolute Gasteiger partial charge is 0.456 e. The number of rotatable bonds is 5. The Labute approximate surface area is 112 Å². The summed E-state index contributed by atoms with van der Waals surface area (Å²) >= 11 is 0. The fourth-order valence-electron chi connectivity index (χ4n) is 2.07. The van der Waals surface area contributed by atoms with Crippen LogP contribution in [0.5, 0.6) is 0 Å². The Balaban J connectivity index is 2.49. The maximum atomic E-state index is 14.1. The number of aryl methyl sites for hydroxylation is 1. The zero-order valence-corrected chi connectivity index (χ0v) is 11.8. The van der Waals surface area contributed by atoms with Crippen molar-refractivity contribution in [1.82, 2.24) is 5.32 Å². The van der Waals surface area contributed by atoms with Gasteiger partial charge >= 0.3 is 0 Å². The number of hydrogen-bond donors (Lipinski definition) is 1. The first-order valence-electron chi connectivity index (χ1n) is 6.46. The van der Waals surface area contributed by atoms with Crippen molar-refractivity contribution in [3.63, 3.8) is 0 Å². The van der Waals surface area contributed by atoms with Crippen LogP contribution < -0.4 is 5.32 Å². The summed E-state index contributed by atoms with van der Waals surface area (Å²) in [5.41, 5.74) is 1.84. The maximum absolute atomic E-state index is 14.1. The molecule has 0 aliphatic carbocycles. The molecule has 0 amide bonds. The number of furan rings is 1. The minimum Gasteiger partial charge on any atom is -0.456 e. The van der Waals surface area contributed by atoms with Crippen molar-refractivity contribution in [3.05, 3.63) is 34.8 Å². The molecule has 0 radical (unpaired) electrons. The Kier molecular flexibility index (Phi) is 4.22. The predicted molar refractivity (Wildman–Crippen MR) is 73.6 cm³/mol. The van der Waals surface area contributed by atoms with Crippen molar-refractivity contribution in [2.24, 2.45) is 0 Å². The van der Waals surface area contributed by atoms with E-state index in [9.17, 15) is 4.39 Å². The summed E-state index contributed by atoms with van der Waals surface area (Å²) in [6.07, 6.45) is 0. The Bertz CT molecular complexity index is 575. The van der Waals surface area contributed by atoms with E-state index in [2.05, 4.69) is 19.2 Å². The molecule has 19 heavy (non-hydrogen) atoms. The van der Waals surface area contributed by atoms with Crippen molar-refractivity contribution in [3.8, 4) is 0 Å². The smallest absolute Gasteiger partial charge is 0.170 e. The first-order valence-corrected chi connectivity index (χ1v) is 6.46. The van der Waals surface area contributed by atoms with Gasteiger partial charge in [0.15, 0.2) is 11.4 Å². The standard InChI is InChI=1S/C15H20FNO2/c1-9(2)17-7-13-12(8-18-4)11-6-5-10(3)14(16)15(11)19-13/h5-6,9,17H,7-8H2,1-4H3. The van der Waals surface area contributed by atoms with E-state index in [1.807, 2.05) is 6.07 Å². The second kappa shape index (κ2) is 5.72. The molecule has 0 saturated carbocycles. The van der Waals surface area contributed by atoms with Gasteiger partial charge < -0.3 is 14.5 Å². The quantitative estimate of drug-likeness (QED) is 0.898. The van der Waals surface area contributed by atoms with Gasteiger partial charge in [-0.15, -0.1) is 0 Å². The lowest BCUT2D eigenvalue weighted by atomic mass is 10.1. The third kappa shape index (κ3) is 2.80. The van der Waals surface area contributed by atoms with E-state index in [1.54, 1.807) is 20.1 Å². The van der Waals surface area contributed by atoms with Crippen LogP contribution in [-0.4, -0.2) is 13.2 Å². The molecule has 0 unspecified atom stereocenters. The first kappa shape index (κ1) is 14.0. The molecule has 2 rings (SSSR count). The lowest BCUT2D eigenvalue weighted by Gasteiger charge is -2.07. The van der Waals surface area contributed by atoms with E-state index in [0.717, 1.165) is 16.7 Å². The molecule has 0 atom stereocenters. The monoisotopic (exact) mass is 265 g/mol. The number of methoxy groups -OCH3 is 1.